The normalized spacial score (nSPS) is 10.4. The summed E-state index contributed by atoms with van der Waals surface area (Å²) in [5.41, 5.74) is 0.155. The van der Waals surface area contributed by atoms with Crippen LogP contribution in [-0.4, -0.2) is 5.78 Å². The van der Waals surface area contributed by atoms with Gasteiger partial charge in [-0.2, -0.15) is 0 Å². The molecule has 0 aliphatic rings. The van der Waals surface area contributed by atoms with Gasteiger partial charge >= 0.3 is 0 Å². The number of aryl methyl sites for hydroxylation is 1. The molecule has 0 unspecified atom stereocenters. The van der Waals surface area contributed by atoms with E-state index in [1.54, 1.807) is 0 Å². The monoisotopic (exact) mass is 266 g/mol. The molecule has 1 nitrogen and oxygen atoms in total. The highest BCUT2D eigenvalue weighted by molar-refractivity contribution is 6.30. The first-order valence-corrected chi connectivity index (χ1v) is 5.63. The fourth-order valence-corrected chi connectivity index (χ4v) is 1.70. The second kappa shape index (κ2) is 4.86. The first kappa shape index (κ1) is 12.7. The van der Waals surface area contributed by atoms with Crippen molar-refractivity contribution >= 4 is 17.4 Å². The smallest absolute Gasteiger partial charge is 0.196 e. The molecule has 0 atom stereocenters. The summed E-state index contributed by atoms with van der Waals surface area (Å²) in [5.74, 6) is -1.90. The Morgan fingerprint density at radius 3 is 2.28 bits per heavy atom. The molecular formula is C14H9ClF2O. The number of carbonyl (C=O) groups excluding carboxylic acids is 1. The highest BCUT2D eigenvalue weighted by atomic mass is 35.5. The van der Waals surface area contributed by atoms with Gasteiger partial charge < -0.3 is 0 Å². The van der Waals surface area contributed by atoms with E-state index in [0.717, 1.165) is 12.1 Å². The number of ketones is 1. The number of rotatable bonds is 2. The maximum Gasteiger partial charge on any atom is 0.196 e. The Labute approximate surface area is 108 Å². The van der Waals surface area contributed by atoms with Crippen LogP contribution in [0.15, 0.2) is 36.4 Å². The molecule has 0 fully saturated rings. The van der Waals surface area contributed by atoms with E-state index < -0.39 is 17.4 Å². The molecule has 0 aliphatic heterocycles. The van der Waals surface area contributed by atoms with E-state index in [2.05, 4.69) is 0 Å². The van der Waals surface area contributed by atoms with Crippen molar-refractivity contribution in [1.29, 1.82) is 0 Å². The molecule has 0 bridgehead atoms. The van der Waals surface area contributed by atoms with Crippen molar-refractivity contribution in [2.75, 3.05) is 0 Å². The summed E-state index contributed by atoms with van der Waals surface area (Å²) in [5, 5.41) is 0.474. The summed E-state index contributed by atoms with van der Waals surface area (Å²) < 4.78 is 27.0. The van der Waals surface area contributed by atoms with E-state index in [9.17, 15) is 13.6 Å². The molecule has 92 valence electrons. The lowest BCUT2D eigenvalue weighted by Crippen LogP contribution is -2.05. The molecule has 0 aromatic heterocycles. The van der Waals surface area contributed by atoms with Crippen LogP contribution in [0, 0.1) is 18.6 Å². The minimum atomic E-state index is -0.728. The van der Waals surface area contributed by atoms with Crippen molar-refractivity contribution in [1.82, 2.24) is 0 Å². The van der Waals surface area contributed by atoms with Crippen LogP contribution in [0.2, 0.25) is 5.02 Å². The van der Waals surface area contributed by atoms with Crippen LogP contribution in [0.1, 0.15) is 21.5 Å². The average Bonchev–Trinajstić information content (AvgIpc) is 2.34. The zero-order valence-electron chi connectivity index (χ0n) is 9.51. The first-order chi connectivity index (χ1) is 8.49. The van der Waals surface area contributed by atoms with Gasteiger partial charge in [-0.1, -0.05) is 11.6 Å². The lowest BCUT2D eigenvalue weighted by molar-refractivity contribution is 0.103. The van der Waals surface area contributed by atoms with Gasteiger partial charge in [0.15, 0.2) is 5.78 Å². The number of benzene rings is 2. The molecule has 2 rings (SSSR count). The molecule has 0 spiro atoms. The summed E-state index contributed by atoms with van der Waals surface area (Å²) >= 11 is 5.69. The van der Waals surface area contributed by atoms with Gasteiger partial charge in [-0.15, -0.1) is 0 Å². The second-order valence-electron chi connectivity index (χ2n) is 3.92. The molecule has 0 saturated carbocycles. The van der Waals surface area contributed by atoms with Gasteiger partial charge in [0.05, 0.1) is 5.56 Å². The molecular weight excluding hydrogens is 258 g/mol. The van der Waals surface area contributed by atoms with Gasteiger partial charge in [0, 0.05) is 10.6 Å². The molecule has 0 radical (unpaired) electrons. The number of hydrogen-bond acceptors (Lipinski definition) is 1. The van der Waals surface area contributed by atoms with Crippen LogP contribution in [0.25, 0.3) is 0 Å². The Morgan fingerprint density at radius 2 is 1.67 bits per heavy atom. The van der Waals surface area contributed by atoms with Crippen LogP contribution in [0.5, 0.6) is 0 Å². The summed E-state index contributed by atoms with van der Waals surface area (Å²) in [6.07, 6.45) is 0. The minimum absolute atomic E-state index is 0.167. The Balaban J connectivity index is 2.46. The fourth-order valence-electron chi connectivity index (χ4n) is 1.58. The average molecular weight is 267 g/mol. The lowest BCUT2D eigenvalue weighted by Gasteiger charge is -2.05. The maximum atomic E-state index is 13.6. The number of carbonyl (C=O) groups is 1. The van der Waals surface area contributed by atoms with Crippen LogP contribution in [0.3, 0.4) is 0 Å². The highest BCUT2D eigenvalue weighted by Crippen LogP contribution is 2.19. The summed E-state index contributed by atoms with van der Waals surface area (Å²) in [7, 11) is 0. The topological polar surface area (TPSA) is 17.1 Å². The van der Waals surface area contributed by atoms with Gasteiger partial charge in [0.2, 0.25) is 0 Å². The van der Waals surface area contributed by atoms with Gasteiger partial charge in [-0.05, 0) is 48.9 Å². The number of hydrogen-bond donors (Lipinski definition) is 0. The van der Waals surface area contributed by atoms with Crippen molar-refractivity contribution in [3.05, 3.63) is 69.7 Å². The lowest BCUT2D eigenvalue weighted by atomic mass is 10.0. The van der Waals surface area contributed by atoms with Gasteiger partial charge in [-0.3, -0.25) is 4.79 Å². The second-order valence-corrected chi connectivity index (χ2v) is 4.35. The molecule has 0 saturated heterocycles. The largest absolute Gasteiger partial charge is 0.288 e. The third-order valence-corrected chi connectivity index (χ3v) is 2.85. The first-order valence-electron chi connectivity index (χ1n) is 5.25. The van der Waals surface area contributed by atoms with E-state index in [1.807, 2.05) is 0 Å². The predicted octanol–water partition coefficient (Wildman–Crippen LogP) is 4.16. The van der Waals surface area contributed by atoms with Crippen molar-refractivity contribution in [3.63, 3.8) is 0 Å². The third-order valence-electron chi connectivity index (χ3n) is 2.60. The van der Waals surface area contributed by atoms with Crippen LogP contribution >= 0.6 is 11.6 Å². The van der Waals surface area contributed by atoms with Crippen molar-refractivity contribution < 1.29 is 13.6 Å². The molecule has 0 heterocycles. The Kier molecular flexibility index (Phi) is 3.43. The zero-order valence-corrected chi connectivity index (χ0v) is 10.3. The summed E-state index contributed by atoms with van der Waals surface area (Å²) in [6, 6.07) is 7.93. The van der Waals surface area contributed by atoms with E-state index in [4.69, 9.17) is 11.6 Å². The molecule has 2 aromatic carbocycles. The van der Waals surface area contributed by atoms with Gasteiger partial charge in [0.1, 0.15) is 11.6 Å². The summed E-state index contributed by atoms with van der Waals surface area (Å²) in [6.45, 7) is 1.44. The molecule has 0 amide bonds. The fraction of sp³-hybridized carbons (Fsp3) is 0.0714. The molecule has 0 aliphatic carbocycles. The van der Waals surface area contributed by atoms with Crippen molar-refractivity contribution in [2.24, 2.45) is 0 Å². The zero-order chi connectivity index (χ0) is 13.3. The summed E-state index contributed by atoms with van der Waals surface area (Å²) in [4.78, 5) is 12.0. The van der Waals surface area contributed by atoms with Crippen LogP contribution < -0.4 is 0 Å². The van der Waals surface area contributed by atoms with E-state index >= 15 is 0 Å². The van der Waals surface area contributed by atoms with Crippen LogP contribution in [-0.2, 0) is 0 Å². The quantitative estimate of drug-likeness (QED) is 0.746. The highest BCUT2D eigenvalue weighted by Gasteiger charge is 2.16. The maximum absolute atomic E-state index is 13.6. The van der Waals surface area contributed by atoms with E-state index in [0.29, 0.717) is 5.02 Å². The molecule has 0 N–H and O–H groups in total. The number of halogens is 3. The molecule has 18 heavy (non-hydrogen) atoms. The SMILES string of the molecule is Cc1cc(F)c(C(=O)c2ccc(Cl)cc2)cc1F. The molecule has 2 aromatic rings. The van der Waals surface area contributed by atoms with Crippen molar-refractivity contribution in [3.8, 4) is 0 Å². The predicted molar refractivity (Wildman–Crippen MR) is 66.0 cm³/mol. The third kappa shape index (κ3) is 2.41. The molecule has 4 heteroatoms. The van der Waals surface area contributed by atoms with Crippen molar-refractivity contribution in [2.45, 2.75) is 6.92 Å². The Morgan fingerprint density at radius 1 is 1.06 bits per heavy atom. The Hall–Kier alpha value is -1.74. The standard InChI is InChI=1S/C14H9ClF2O/c1-8-6-13(17)11(7-12(8)16)14(18)9-2-4-10(15)5-3-9/h2-7H,1H3. The Bertz CT molecular complexity index is 606. The van der Waals surface area contributed by atoms with Crippen LogP contribution in [0.4, 0.5) is 8.78 Å². The van der Waals surface area contributed by atoms with E-state index in [1.165, 1.54) is 31.2 Å². The van der Waals surface area contributed by atoms with Gasteiger partial charge in [0.25, 0.3) is 0 Å². The minimum Gasteiger partial charge on any atom is -0.288 e. The van der Waals surface area contributed by atoms with Gasteiger partial charge in [-0.25, -0.2) is 8.78 Å². The van der Waals surface area contributed by atoms with E-state index in [-0.39, 0.29) is 16.7 Å².